The standard InChI is InChI=1S/2C2H2Cl2O2.Cu/c2*3-1(4)2(5)6;/h2*1H,(H,5,6);/q;;+2/p-2. The van der Waals surface area contributed by atoms with Crippen molar-refractivity contribution in [1.82, 2.24) is 0 Å². The average Bonchev–Trinajstić information content (AvgIpc) is 1.88. The number of aliphatic carboxylic acids is 2. The average molecular weight is 319 g/mol. The van der Waals surface area contributed by atoms with Crippen molar-refractivity contribution >= 4 is 58.3 Å². The first kappa shape index (κ1) is 19.2. The van der Waals surface area contributed by atoms with E-state index in [1.54, 1.807) is 0 Å². The Kier molecular flexibility index (Phi) is 15.8. The van der Waals surface area contributed by atoms with Gasteiger partial charge in [0.25, 0.3) is 0 Å². The zero-order chi connectivity index (χ0) is 10.3. The Morgan fingerprint density at radius 1 is 0.846 bits per heavy atom. The number of hydrogen-bond donors (Lipinski definition) is 0. The molecule has 0 bridgehead atoms. The molecule has 0 aromatic rings. The van der Waals surface area contributed by atoms with E-state index in [2.05, 4.69) is 0 Å². The second kappa shape index (κ2) is 10.7. The summed E-state index contributed by atoms with van der Waals surface area (Å²) in [5, 5.41) is 18.6. The summed E-state index contributed by atoms with van der Waals surface area (Å²) in [5.74, 6) is -2.92. The Hall–Kier alpha value is 0.619. The molecule has 0 spiro atoms. The molecule has 0 aromatic carbocycles. The summed E-state index contributed by atoms with van der Waals surface area (Å²) >= 11 is 18.9. The van der Waals surface area contributed by atoms with Crippen LogP contribution in [0.1, 0.15) is 0 Å². The van der Waals surface area contributed by atoms with Gasteiger partial charge in [0.1, 0.15) is 9.67 Å². The van der Waals surface area contributed by atoms with Crippen molar-refractivity contribution in [2.75, 3.05) is 0 Å². The molecule has 81 valence electrons. The van der Waals surface area contributed by atoms with Crippen molar-refractivity contribution in [2.45, 2.75) is 9.67 Å². The molecule has 13 heavy (non-hydrogen) atoms. The van der Waals surface area contributed by atoms with Gasteiger partial charge in [0.15, 0.2) is 0 Å². The van der Waals surface area contributed by atoms with Crippen molar-refractivity contribution in [3.63, 3.8) is 0 Å². The van der Waals surface area contributed by atoms with Crippen LogP contribution in [0.4, 0.5) is 0 Å². The van der Waals surface area contributed by atoms with Gasteiger partial charge in [-0.15, -0.1) is 0 Å². The predicted octanol–water partition coefficient (Wildman–Crippen LogP) is -0.922. The smallest absolute Gasteiger partial charge is 0.547 e. The Bertz CT molecular complexity index is 144. The maximum absolute atomic E-state index is 9.32. The Morgan fingerprint density at radius 3 is 0.923 bits per heavy atom. The van der Waals surface area contributed by atoms with Crippen molar-refractivity contribution < 1.29 is 36.9 Å². The second-order valence-electron chi connectivity index (χ2n) is 1.24. The Labute approximate surface area is 105 Å². The number of halogens is 4. The van der Waals surface area contributed by atoms with Crippen LogP contribution in [0.15, 0.2) is 0 Å². The molecule has 9 heteroatoms. The normalized spacial score (nSPS) is 8.46. The third-order valence-corrected chi connectivity index (χ3v) is 1.07. The number of carbonyl (C=O) groups is 2. The minimum absolute atomic E-state index is 0. The van der Waals surface area contributed by atoms with E-state index in [4.69, 9.17) is 46.4 Å². The molecule has 0 saturated carbocycles. The first-order valence-corrected chi connectivity index (χ1v) is 4.01. The first-order valence-electron chi connectivity index (χ1n) is 2.27. The topological polar surface area (TPSA) is 80.3 Å². The van der Waals surface area contributed by atoms with E-state index in [9.17, 15) is 19.8 Å². The molecule has 0 unspecified atom stereocenters. The Balaban J connectivity index is -0.000000143. The largest absolute Gasteiger partial charge is 2.00 e. The zero-order valence-electron chi connectivity index (χ0n) is 5.60. The van der Waals surface area contributed by atoms with Crippen LogP contribution in [0.5, 0.6) is 0 Å². The molecule has 0 heterocycles. The molecule has 0 aliphatic carbocycles. The van der Waals surface area contributed by atoms with Gasteiger partial charge in [-0.25, -0.2) is 0 Å². The van der Waals surface area contributed by atoms with Gasteiger partial charge in [-0.1, -0.05) is 46.4 Å². The molecular formula is C4H2Cl4CuO4. The van der Waals surface area contributed by atoms with Gasteiger partial charge in [0.05, 0.1) is 11.9 Å². The second-order valence-corrected chi connectivity index (χ2v) is 3.43. The van der Waals surface area contributed by atoms with E-state index in [0.717, 1.165) is 0 Å². The monoisotopic (exact) mass is 317 g/mol. The van der Waals surface area contributed by atoms with Gasteiger partial charge in [0, 0.05) is 0 Å². The fraction of sp³-hybridized carbons (Fsp3) is 0.500. The van der Waals surface area contributed by atoms with E-state index in [1.807, 2.05) is 0 Å². The number of alkyl halides is 4. The number of rotatable bonds is 2. The van der Waals surface area contributed by atoms with Crippen molar-refractivity contribution in [3.8, 4) is 0 Å². The number of carboxylic acids is 2. The van der Waals surface area contributed by atoms with Crippen LogP contribution < -0.4 is 10.2 Å². The van der Waals surface area contributed by atoms with Crippen LogP contribution in [-0.2, 0) is 26.7 Å². The quantitative estimate of drug-likeness (QED) is 0.487. The van der Waals surface area contributed by atoms with Crippen LogP contribution in [0, 0.1) is 0 Å². The van der Waals surface area contributed by atoms with E-state index >= 15 is 0 Å². The molecule has 0 saturated heterocycles. The van der Waals surface area contributed by atoms with Gasteiger partial charge in [-0.05, 0) is 0 Å². The molecule has 0 rings (SSSR count). The van der Waals surface area contributed by atoms with Crippen LogP contribution >= 0.6 is 46.4 Å². The van der Waals surface area contributed by atoms with Crippen LogP contribution in [0.3, 0.4) is 0 Å². The van der Waals surface area contributed by atoms with Crippen LogP contribution in [-0.4, -0.2) is 21.6 Å². The van der Waals surface area contributed by atoms with Gasteiger partial charge < -0.3 is 19.8 Å². The molecule has 1 radical (unpaired) electrons. The molecule has 0 amide bonds. The molecule has 0 aliphatic rings. The minimum atomic E-state index is -1.46. The molecular weight excluding hydrogens is 317 g/mol. The van der Waals surface area contributed by atoms with Crippen molar-refractivity contribution in [3.05, 3.63) is 0 Å². The summed E-state index contributed by atoms with van der Waals surface area (Å²) in [4.78, 5) is 15.9. The third kappa shape index (κ3) is 19.2. The zero-order valence-corrected chi connectivity index (χ0v) is 9.57. The summed E-state index contributed by atoms with van der Waals surface area (Å²) in [6, 6.07) is 0. The summed E-state index contributed by atoms with van der Waals surface area (Å²) in [6.45, 7) is 0. The molecule has 0 atom stereocenters. The fourth-order valence-electron chi connectivity index (χ4n) is 0. The van der Waals surface area contributed by atoms with Gasteiger partial charge in [-0.3, -0.25) is 0 Å². The maximum atomic E-state index is 9.32. The SMILES string of the molecule is O=C([O-])C(Cl)Cl.O=C([O-])C(Cl)Cl.[Cu+2]. The molecule has 4 nitrogen and oxygen atoms in total. The fourth-order valence-corrected chi connectivity index (χ4v) is 0. The summed E-state index contributed by atoms with van der Waals surface area (Å²) in [7, 11) is 0. The maximum Gasteiger partial charge on any atom is 2.00 e. The third-order valence-electron chi connectivity index (χ3n) is 0.356. The molecule has 0 aromatic heterocycles. The van der Waals surface area contributed by atoms with E-state index in [0.29, 0.717) is 0 Å². The predicted molar refractivity (Wildman–Crippen MR) is 41.0 cm³/mol. The summed E-state index contributed by atoms with van der Waals surface area (Å²) in [5.41, 5.74) is 0. The number of carbonyl (C=O) groups excluding carboxylic acids is 2. The minimum Gasteiger partial charge on any atom is -0.547 e. The summed E-state index contributed by atoms with van der Waals surface area (Å²) < 4.78 is 0. The molecule has 0 N–H and O–H groups in total. The van der Waals surface area contributed by atoms with E-state index < -0.39 is 21.6 Å². The van der Waals surface area contributed by atoms with Crippen LogP contribution in [0.2, 0.25) is 0 Å². The molecule has 0 fully saturated rings. The van der Waals surface area contributed by atoms with Gasteiger partial charge in [0.2, 0.25) is 0 Å². The first-order chi connectivity index (χ1) is 5.29. The van der Waals surface area contributed by atoms with Gasteiger partial charge in [-0.2, -0.15) is 0 Å². The van der Waals surface area contributed by atoms with Crippen molar-refractivity contribution in [2.24, 2.45) is 0 Å². The number of carboxylic acid groups (broad SMARTS) is 2. The van der Waals surface area contributed by atoms with Crippen molar-refractivity contribution in [1.29, 1.82) is 0 Å². The van der Waals surface area contributed by atoms with E-state index in [1.165, 1.54) is 0 Å². The van der Waals surface area contributed by atoms with Gasteiger partial charge >= 0.3 is 17.1 Å². The van der Waals surface area contributed by atoms with Crippen LogP contribution in [0.25, 0.3) is 0 Å². The Morgan fingerprint density at radius 2 is 0.923 bits per heavy atom. The summed E-state index contributed by atoms with van der Waals surface area (Å²) in [6.07, 6.45) is 0. The number of hydrogen-bond acceptors (Lipinski definition) is 4. The molecule has 0 aliphatic heterocycles. The van der Waals surface area contributed by atoms with E-state index in [-0.39, 0.29) is 17.1 Å².